The van der Waals surface area contributed by atoms with E-state index in [4.69, 9.17) is 19.9 Å². The zero-order valence-corrected chi connectivity index (χ0v) is 90.6. The quantitative estimate of drug-likeness (QED) is 0.123. The second kappa shape index (κ2) is 30.8. The van der Waals surface area contributed by atoms with Gasteiger partial charge in [0.2, 0.25) is 0 Å². The van der Waals surface area contributed by atoms with Gasteiger partial charge in [-0.2, -0.15) is 24.3 Å². The fourth-order valence-corrected chi connectivity index (χ4v) is 25.4. The molecule has 10 aromatic carbocycles. The van der Waals surface area contributed by atoms with Crippen LogP contribution in [0.2, 0.25) is 0 Å². The maximum Gasteiger partial charge on any atom is 2.00 e. The van der Waals surface area contributed by atoms with Gasteiger partial charge >= 0.3 is 41.5 Å². The van der Waals surface area contributed by atoms with Crippen molar-refractivity contribution in [3.8, 4) is 0 Å². The SMILES string of the molecule is C.C.CC(C)(C)c1cc2c3c(c1)C(C)(C)c1cccnc1N3c1[c-]c(N3c4[c-]c5c(cc4C(C)(C)c4ccccc43)C(C)(C)c3cc(C(C)(C)C)cc4c3N5c3ncccc3C4(C)C)ccc1C2(C)C.CC(C)(C)c1cc2c3c(c1)C(C)(C)c1cccnc1N3c1[c-]c(N3c4[c-]c5c(cc4C(C)(C)c4ccccc43)C(C)(C)c3cc(C(C)(C)C)cc4c3N5c3ncccc3C4(C)C)ccc1C2(C)C.[Pd+2].[Pt+2]. The van der Waals surface area contributed by atoms with Gasteiger partial charge in [0.1, 0.15) is 23.3 Å². The summed E-state index contributed by atoms with van der Waals surface area (Å²) in [6.45, 7) is 75.9. The van der Waals surface area contributed by atoms with Crippen LogP contribution >= 0.6 is 0 Å². The van der Waals surface area contributed by atoms with Crippen LogP contribution in [0.25, 0.3) is 0 Å². The van der Waals surface area contributed by atoms with Crippen molar-refractivity contribution in [1.29, 1.82) is 0 Å². The fraction of sp³-hybridized carbons (Fsp3) is 0.375. The normalized spacial score (nSPS) is 18.3. The van der Waals surface area contributed by atoms with E-state index >= 15 is 0 Å². The summed E-state index contributed by atoms with van der Waals surface area (Å²) in [6.07, 6.45) is 7.82. The van der Waals surface area contributed by atoms with Gasteiger partial charge in [-0.05, 0) is 168 Å². The molecule has 0 bridgehead atoms. The minimum atomic E-state index is -0.340. The number of para-hydroxylation sites is 2. The van der Waals surface area contributed by atoms with Crippen molar-refractivity contribution in [3.63, 3.8) is 0 Å². The first kappa shape index (κ1) is 97.8. The fourth-order valence-electron chi connectivity index (χ4n) is 25.4. The molecule has 0 fully saturated rings. The maximum atomic E-state index is 5.25. The summed E-state index contributed by atoms with van der Waals surface area (Å²) in [5.41, 5.74) is 43.4. The van der Waals surface area contributed by atoms with E-state index < -0.39 is 0 Å². The minimum absolute atomic E-state index is 0. The molecule has 140 heavy (non-hydrogen) atoms. The molecule has 0 spiro atoms. The van der Waals surface area contributed by atoms with Crippen LogP contribution in [-0.2, 0) is 117 Å². The number of pyridine rings is 4. The van der Waals surface area contributed by atoms with Crippen LogP contribution in [-0.4, -0.2) is 19.9 Å². The topological polar surface area (TPSA) is 71.0 Å². The Kier molecular flexibility index (Phi) is 21.5. The molecule has 10 aliphatic rings. The molecule has 0 amide bonds. The van der Waals surface area contributed by atoms with Crippen LogP contribution < -0.4 is 29.4 Å². The van der Waals surface area contributed by atoms with Gasteiger partial charge in [-0.1, -0.05) is 391 Å². The molecule has 14 heterocycles. The van der Waals surface area contributed by atoms with E-state index in [1.807, 2.05) is 24.8 Å². The molecule has 0 atom stereocenters. The van der Waals surface area contributed by atoms with Crippen molar-refractivity contribution in [3.05, 3.63) is 365 Å². The molecule has 0 saturated heterocycles. The molecule has 4 aromatic heterocycles. The van der Waals surface area contributed by atoms with Crippen molar-refractivity contribution in [1.82, 2.24) is 19.9 Å². The van der Waals surface area contributed by atoms with Gasteiger partial charge in [-0.25, -0.2) is 19.9 Å². The molecule has 14 aromatic rings. The first-order chi connectivity index (χ1) is 63.6. The second-order valence-electron chi connectivity index (χ2n) is 50.3. The monoisotopic (exact) mass is 2120 g/mol. The van der Waals surface area contributed by atoms with Crippen molar-refractivity contribution in [2.75, 3.05) is 29.4 Å². The van der Waals surface area contributed by atoms with Crippen molar-refractivity contribution in [2.45, 2.75) is 312 Å². The zero-order valence-electron chi connectivity index (χ0n) is 86.7. The summed E-state index contributed by atoms with van der Waals surface area (Å²) in [4.78, 5) is 35.7. The van der Waals surface area contributed by atoms with Crippen LogP contribution in [0.4, 0.5) is 103 Å². The Labute approximate surface area is 863 Å². The Balaban J connectivity index is 0.000000173. The number of fused-ring (bicyclic) bond motifs is 20. The molecule has 0 unspecified atom stereocenters. The number of anilines is 18. The second-order valence-corrected chi connectivity index (χ2v) is 50.3. The number of aromatic nitrogens is 4. The summed E-state index contributed by atoms with van der Waals surface area (Å²) in [7, 11) is 0. The van der Waals surface area contributed by atoms with E-state index in [0.717, 1.165) is 80.1 Å². The van der Waals surface area contributed by atoms with Crippen LogP contribution in [0, 0.1) is 24.3 Å². The maximum absolute atomic E-state index is 5.25. The molecule has 10 aliphatic heterocycles. The summed E-state index contributed by atoms with van der Waals surface area (Å²) < 4.78 is 0. The number of nitrogens with zero attached hydrogens (tertiary/aromatic N) is 10. The largest absolute Gasteiger partial charge is 2.00 e. The van der Waals surface area contributed by atoms with Gasteiger partial charge in [-0.3, -0.25) is 0 Å². The average molecular weight is 2120 g/mol. The Bertz CT molecular complexity index is 7160. The summed E-state index contributed by atoms with van der Waals surface area (Å²) in [5, 5.41) is 0. The molecular weight excluding hydrogens is 1980 g/mol. The number of benzene rings is 10. The molecule has 12 heteroatoms. The van der Waals surface area contributed by atoms with E-state index in [-0.39, 0.29) is 132 Å². The Morgan fingerprint density at radius 3 is 0.636 bits per heavy atom. The van der Waals surface area contributed by atoms with E-state index in [0.29, 0.717) is 0 Å². The molecule has 24 rings (SSSR count). The summed E-state index contributed by atoms with van der Waals surface area (Å²) in [5.74, 6) is 3.92. The first-order valence-electron chi connectivity index (χ1n) is 49.5. The molecular formula is C128H138N10PdPt. The van der Waals surface area contributed by atoms with E-state index in [1.54, 1.807) is 0 Å². The third-order valence-electron chi connectivity index (χ3n) is 34.3. The van der Waals surface area contributed by atoms with Crippen molar-refractivity contribution >= 4 is 103 Å². The molecule has 720 valence electrons. The van der Waals surface area contributed by atoms with Gasteiger partial charge in [0.15, 0.2) is 0 Å². The van der Waals surface area contributed by atoms with Gasteiger partial charge in [0.25, 0.3) is 0 Å². The van der Waals surface area contributed by atoms with Gasteiger partial charge in [0.05, 0.1) is 22.7 Å². The molecule has 0 N–H and O–H groups in total. The summed E-state index contributed by atoms with van der Waals surface area (Å²) >= 11 is 0. The minimum Gasteiger partial charge on any atom is -0.358 e. The standard InChI is InChI=1S/2C63H65N5.2CH4.Pd.Pt/c2*1-57(2,3)36-29-45-53-46(30-36)61(11,12)41-22-19-27-64-55(41)67(53)50-33-38(25-26-40(50)60(45,9)10)66-49-24-18-17-21-39(49)59(7,8)43-34-44-52(35-51(43)66)68-54-47(62(13,14)42-23-20-28-65-56(42)68)31-37(58(4,5)6)32-48(54)63(44,15)16;;;;/h2*17-32,34H,1-16H3;2*1H4;;/q2*-2;;;2*+2. The molecule has 10 nitrogen and oxygen atoms in total. The molecule has 0 radical (unpaired) electrons. The number of hydrogen-bond donors (Lipinski definition) is 0. The van der Waals surface area contributed by atoms with Crippen LogP contribution in [0.1, 0.15) is 370 Å². The van der Waals surface area contributed by atoms with Gasteiger partial charge < -0.3 is 29.4 Å². The van der Waals surface area contributed by atoms with Crippen molar-refractivity contribution < 1.29 is 41.5 Å². The van der Waals surface area contributed by atoms with E-state index in [9.17, 15) is 0 Å². The third kappa shape index (κ3) is 13.0. The first-order valence-corrected chi connectivity index (χ1v) is 49.5. The predicted molar refractivity (Wildman–Crippen MR) is 577 cm³/mol. The smallest absolute Gasteiger partial charge is 0.358 e. The van der Waals surface area contributed by atoms with Crippen LogP contribution in [0.5, 0.6) is 0 Å². The average Bonchev–Trinajstić information content (AvgIpc) is 0.669. The van der Waals surface area contributed by atoms with Crippen molar-refractivity contribution in [2.24, 2.45) is 0 Å². The third-order valence-corrected chi connectivity index (χ3v) is 34.3. The molecule has 0 saturated carbocycles. The Morgan fingerprint density at radius 1 is 0.207 bits per heavy atom. The molecule has 0 aliphatic carbocycles. The van der Waals surface area contributed by atoms with Crippen LogP contribution in [0.3, 0.4) is 0 Å². The zero-order chi connectivity index (χ0) is 96.4. The summed E-state index contributed by atoms with van der Waals surface area (Å²) in [6, 6.07) is 86.7. The van der Waals surface area contributed by atoms with Gasteiger partial charge in [-0.15, -0.1) is 69.8 Å². The Hall–Kier alpha value is -11.0. The number of rotatable bonds is 2. The van der Waals surface area contributed by atoms with Gasteiger partial charge in [0, 0.05) is 80.1 Å². The van der Waals surface area contributed by atoms with Crippen LogP contribution in [0.15, 0.2) is 207 Å². The van der Waals surface area contributed by atoms with E-state index in [1.165, 1.54) is 156 Å². The Morgan fingerprint density at radius 2 is 0.400 bits per heavy atom. The predicted octanol–water partition coefficient (Wildman–Crippen LogP) is 33.8. The number of hydrogen-bond acceptors (Lipinski definition) is 10. The van der Waals surface area contributed by atoms with E-state index in [2.05, 4.69) is 457 Å².